The van der Waals surface area contributed by atoms with Crippen molar-refractivity contribution in [3.63, 3.8) is 0 Å². The Labute approximate surface area is 177 Å². The number of carbonyl (C=O) groups excluding carboxylic acids is 1. The zero-order valence-corrected chi connectivity index (χ0v) is 17.0. The Kier molecular flexibility index (Phi) is 10.6. The highest BCUT2D eigenvalue weighted by molar-refractivity contribution is 6.31. The summed E-state index contributed by atoms with van der Waals surface area (Å²) in [7, 11) is 0. The molecule has 2 aromatic rings. The molecule has 1 heterocycles. The summed E-state index contributed by atoms with van der Waals surface area (Å²) in [5.41, 5.74) is 6.62. The lowest BCUT2D eigenvalue weighted by atomic mass is 10.1. The van der Waals surface area contributed by atoms with Gasteiger partial charge in [0.1, 0.15) is 17.7 Å². The van der Waals surface area contributed by atoms with E-state index in [1.807, 2.05) is 19.1 Å². The maximum atomic E-state index is 12.5. The Morgan fingerprint density at radius 1 is 1.29 bits per heavy atom. The molecule has 0 aliphatic rings. The quantitative estimate of drug-likeness (QED) is 0.636. The van der Waals surface area contributed by atoms with E-state index in [-0.39, 0.29) is 48.9 Å². The number of pyridine rings is 1. The molecule has 0 saturated heterocycles. The minimum Gasteiger partial charge on any atom is -0.475 e. The molecule has 3 N–H and O–H groups in total. The van der Waals surface area contributed by atoms with Crippen molar-refractivity contribution in [2.24, 2.45) is 5.73 Å². The average Bonchev–Trinajstić information content (AvgIpc) is 2.58. The third kappa shape index (κ3) is 7.35. The predicted octanol–water partition coefficient (Wildman–Crippen LogP) is 4.10. The molecule has 0 spiro atoms. The van der Waals surface area contributed by atoms with E-state index in [1.54, 1.807) is 12.1 Å². The lowest BCUT2D eigenvalue weighted by molar-refractivity contribution is -0.137. The maximum Gasteiger partial charge on any atom is 0.417 e. The van der Waals surface area contributed by atoms with E-state index < -0.39 is 23.7 Å². The van der Waals surface area contributed by atoms with Crippen LogP contribution in [0.5, 0.6) is 5.88 Å². The highest BCUT2D eigenvalue weighted by Crippen LogP contribution is 2.32. The number of hydrogen-bond acceptors (Lipinski definition) is 4. The van der Waals surface area contributed by atoms with Crippen molar-refractivity contribution in [2.45, 2.75) is 19.1 Å². The van der Waals surface area contributed by atoms with Gasteiger partial charge in [-0.3, -0.25) is 4.79 Å². The van der Waals surface area contributed by atoms with Crippen LogP contribution in [0.1, 0.15) is 22.7 Å². The Morgan fingerprint density at radius 3 is 2.43 bits per heavy atom. The molecule has 2 rings (SSSR count). The van der Waals surface area contributed by atoms with Crippen molar-refractivity contribution in [3.8, 4) is 5.88 Å². The first-order valence-electron chi connectivity index (χ1n) is 7.64. The first-order valence-corrected chi connectivity index (χ1v) is 8.01. The minimum absolute atomic E-state index is 0. The number of ether oxygens (including phenoxy) is 1. The molecule has 11 heteroatoms. The van der Waals surface area contributed by atoms with Crippen molar-refractivity contribution < 1.29 is 22.7 Å². The molecule has 1 unspecified atom stereocenters. The number of aromatic nitrogens is 1. The third-order valence-corrected chi connectivity index (χ3v) is 3.76. The standard InChI is InChI=1S/C17H17ClF3N3O2.2ClH/c1-10-2-4-11(5-3-10)14(22)15(25)23-6-7-26-16-13(18)8-12(9-24-16)17(19,20)21;;/h2-5,8-9,14H,6-7,22H2,1H3,(H,23,25);2*1H. The van der Waals surface area contributed by atoms with Gasteiger partial charge in [0, 0.05) is 6.20 Å². The summed E-state index contributed by atoms with van der Waals surface area (Å²) in [5.74, 6) is -0.541. The molecule has 28 heavy (non-hydrogen) atoms. The number of carbonyl (C=O) groups is 1. The largest absolute Gasteiger partial charge is 0.475 e. The molecule has 1 amide bonds. The van der Waals surface area contributed by atoms with E-state index in [0.29, 0.717) is 11.8 Å². The van der Waals surface area contributed by atoms with Crippen LogP contribution in [0, 0.1) is 6.92 Å². The second-order valence-corrected chi connectivity index (χ2v) is 5.94. The van der Waals surface area contributed by atoms with E-state index in [0.717, 1.165) is 11.6 Å². The molecule has 0 radical (unpaired) electrons. The van der Waals surface area contributed by atoms with Crippen molar-refractivity contribution in [1.29, 1.82) is 0 Å². The number of nitrogens with zero attached hydrogens (tertiary/aromatic N) is 1. The van der Waals surface area contributed by atoms with Crippen molar-refractivity contribution >= 4 is 42.3 Å². The van der Waals surface area contributed by atoms with Gasteiger partial charge < -0.3 is 15.8 Å². The molecule has 1 aromatic carbocycles. The number of alkyl halides is 3. The summed E-state index contributed by atoms with van der Waals surface area (Å²) >= 11 is 5.73. The molecular formula is C17H19Cl3F3N3O2. The topological polar surface area (TPSA) is 77.2 Å². The second kappa shape index (κ2) is 11.3. The number of nitrogens with one attached hydrogen (secondary N) is 1. The first kappa shape index (κ1) is 26.3. The molecule has 1 atom stereocenters. The number of hydrogen-bond donors (Lipinski definition) is 2. The molecule has 0 saturated carbocycles. The van der Waals surface area contributed by atoms with Crippen LogP contribution in [0.15, 0.2) is 36.5 Å². The van der Waals surface area contributed by atoms with Crippen LogP contribution in [0.3, 0.4) is 0 Å². The number of amides is 1. The van der Waals surface area contributed by atoms with Gasteiger partial charge in [-0.05, 0) is 18.6 Å². The molecular weight excluding hydrogens is 442 g/mol. The molecule has 5 nitrogen and oxygen atoms in total. The van der Waals surface area contributed by atoms with Crippen LogP contribution in [0.2, 0.25) is 5.02 Å². The van der Waals surface area contributed by atoms with E-state index in [4.69, 9.17) is 22.1 Å². The highest BCUT2D eigenvalue weighted by Gasteiger charge is 2.31. The van der Waals surface area contributed by atoms with Gasteiger partial charge in [0.15, 0.2) is 0 Å². The third-order valence-electron chi connectivity index (χ3n) is 3.49. The summed E-state index contributed by atoms with van der Waals surface area (Å²) in [6, 6.07) is 7.14. The van der Waals surface area contributed by atoms with Gasteiger partial charge in [-0.1, -0.05) is 41.4 Å². The smallest absolute Gasteiger partial charge is 0.417 e. The lowest BCUT2D eigenvalue weighted by Crippen LogP contribution is -2.36. The number of aryl methyl sites for hydroxylation is 1. The zero-order chi connectivity index (χ0) is 19.3. The van der Waals surface area contributed by atoms with Crippen LogP contribution in [0.25, 0.3) is 0 Å². The number of rotatable bonds is 6. The van der Waals surface area contributed by atoms with Gasteiger partial charge in [-0.15, -0.1) is 24.8 Å². The SMILES string of the molecule is Cc1ccc(C(N)C(=O)NCCOc2ncc(C(F)(F)F)cc2Cl)cc1.Cl.Cl. The summed E-state index contributed by atoms with van der Waals surface area (Å²) < 4.78 is 42.8. The minimum atomic E-state index is -4.53. The molecule has 0 aliphatic carbocycles. The number of benzene rings is 1. The number of nitrogens with two attached hydrogens (primary N) is 1. The predicted molar refractivity (Wildman–Crippen MR) is 105 cm³/mol. The summed E-state index contributed by atoms with van der Waals surface area (Å²) in [4.78, 5) is 15.5. The maximum absolute atomic E-state index is 12.5. The molecule has 0 fully saturated rings. The zero-order valence-electron chi connectivity index (χ0n) is 14.6. The van der Waals surface area contributed by atoms with Gasteiger partial charge in [-0.2, -0.15) is 13.2 Å². The fourth-order valence-electron chi connectivity index (χ4n) is 2.04. The van der Waals surface area contributed by atoms with Gasteiger partial charge in [-0.25, -0.2) is 4.98 Å². The Bertz CT molecular complexity index is 774. The fraction of sp³-hybridized carbons (Fsp3) is 0.294. The lowest BCUT2D eigenvalue weighted by Gasteiger charge is -2.14. The fourth-order valence-corrected chi connectivity index (χ4v) is 2.26. The van der Waals surface area contributed by atoms with Crippen LogP contribution >= 0.6 is 36.4 Å². The molecule has 1 aromatic heterocycles. The Morgan fingerprint density at radius 2 is 1.89 bits per heavy atom. The number of halogens is 6. The normalized spacial score (nSPS) is 11.6. The summed E-state index contributed by atoms with van der Waals surface area (Å²) in [6.07, 6.45) is -3.90. The average molecular weight is 461 g/mol. The molecule has 0 aliphatic heterocycles. The van der Waals surface area contributed by atoms with Gasteiger partial charge in [0.2, 0.25) is 11.8 Å². The Hall–Kier alpha value is -1.74. The molecule has 0 bridgehead atoms. The van der Waals surface area contributed by atoms with Crippen molar-refractivity contribution in [3.05, 3.63) is 58.2 Å². The monoisotopic (exact) mass is 459 g/mol. The van der Waals surface area contributed by atoms with Gasteiger partial charge in [0.25, 0.3) is 0 Å². The van der Waals surface area contributed by atoms with E-state index >= 15 is 0 Å². The first-order chi connectivity index (χ1) is 12.2. The second-order valence-electron chi connectivity index (χ2n) is 5.54. The van der Waals surface area contributed by atoms with E-state index in [2.05, 4.69) is 10.3 Å². The van der Waals surface area contributed by atoms with Crippen LogP contribution in [-0.2, 0) is 11.0 Å². The van der Waals surface area contributed by atoms with Crippen LogP contribution < -0.4 is 15.8 Å². The Balaban J connectivity index is 0.00000364. The van der Waals surface area contributed by atoms with E-state index in [9.17, 15) is 18.0 Å². The highest BCUT2D eigenvalue weighted by atomic mass is 35.5. The van der Waals surface area contributed by atoms with Gasteiger partial charge in [0.05, 0.1) is 12.1 Å². The van der Waals surface area contributed by atoms with Crippen LogP contribution in [-0.4, -0.2) is 24.0 Å². The van der Waals surface area contributed by atoms with E-state index in [1.165, 1.54) is 0 Å². The van der Waals surface area contributed by atoms with Gasteiger partial charge >= 0.3 is 6.18 Å². The molecule has 156 valence electrons. The van der Waals surface area contributed by atoms with Crippen molar-refractivity contribution in [1.82, 2.24) is 10.3 Å². The van der Waals surface area contributed by atoms with Crippen LogP contribution in [0.4, 0.5) is 13.2 Å². The van der Waals surface area contributed by atoms with Crippen molar-refractivity contribution in [2.75, 3.05) is 13.2 Å². The summed E-state index contributed by atoms with van der Waals surface area (Å²) in [6.45, 7) is 2.00. The summed E-state index contributed by atoms with van der Waals surface area (Å²) in [5, 5.41) is 2.32.